The molecule has 2 aromatic heterocycles. The molecule has 0 atom stereocenters. The summed E-state index contributed by atoms with van der Waals surface area (Å²) in [4.78, 5) is 43.8. The number of nitrogens with zero attached hydrogens (tertiary/aromatic N) is 3. The van der Waals surface area contributed by atoms with E-state index in [1.165, 1.54) is 10.6 Å². The van der Waals surface area contributed by atoms with Gasteiger partial charge in [0.25, 0.3) is 5.56 Å². The summed E-state index contributed by atoms with van der Waals surface area (Å²) in [5.74, 6) is -0.540. The van der Waals surface area contributed by atoms with Gasteiger partial charge >= 0.3 is 11.7 Å². The van der Waals surface area contributed by atoms with Gasteiger partial charge < -0.3 is 4.74 Å². The minimum atomic E-state index is -0.540. The lowest BCUT2D eigenvalue weighted by atomic mass is 10.1. The molecule has 3 aromatic carbocycles. The zero-order valence-electron chi connectivity index (χ0n) is 19.4. The van der Waals surface area contributed by atoms with Crippen molar-refractivity contribution in [2.24, 2.45) is 0 Å². The van der Waals surface area contributed by atoms with Crippen LogP contribution in [-0.4, -0.2) is 20.1 Å². The highest BCUT2D eigenvalue weighted by Gasteiger charge is 2.17. The summed E-state index contributed by atoms with van der Waals surface area (Å²) in [5.41, 5.74) is 2.37. The monoisotopic (exact) mass is 477 g/mol. The molecule has 0 saturated carbocycles. The molecule has 36 heavy (non-hydrogen) atoms. The molecule has 2 heterocycles. The zero-order valence-corrected chi connectivity index (χ0v) is 19.4. The van der Waals surface area contributed by atoms with Gasteiger partial charge in [-0.25, -0.2) is 9.59 Å². The summed E-state index contributed by atoms with van der Waals surface area (Å²) in [5, 5.41) is 0.272. The van der Waals surface area contributed by atoms with Crippen LogP contribution in [0.15, 0.2) is 113 Å². The summed E-state index contributed by atoms with van der Waals surface area (Å²) >= 11 is 0. The molecule has 5 aromatic rings. The predicted octanol–water partition coefficient (Wildman–Crippen LogP) is 4.01. The van der Waals surface area contributed by atoms with Gasteiger partial charge in [-0.2, -0.15) is 0 Å². The van der Waals surface area contributed by atoms with Gasteiger partial charge in [-0.15, -0.1) is 0 Å². The summed E-state index contributed by atoms with van der Waals surface area (Å²) < 4.78 is 8.21. The Kier molecular flexibility index (Phi) is 6.53. The lowest BCUT2D eigenvalue weighted by Crippen LogP contribution is -2.40. The van der Waals surface area contributed by atoms with Crippen molar-refractivity contribution in [3.05, 3.63) is 146 Å². The van der Waals surface area contributed by atoms with Crippen LogP contribution in [0.5, 0.6) is 0 Å². The van der Waals surface area contributed by atoms with Gasteiger partial charge in [0.05, 0.1) is 29.6 Å². The van der Waals surface area contributed by atoms with E-state index >= 15 is 0 Å². The Morgan fingerprint density at radius 1 is 0.722 bits per heavy atom. The molecular weight excluding hydrogens is 454 g/mol. The third-order valence-electron chi connectivity index (χ3n) is 5.95. The average Bonchev–Trinajstić information content (AvgIpc) is 2.93. The second-order valence-corrected chi connectivity index (χ2v) is 8.39. The van der Waals surface area contributed by atoms with Crippen LogP contribution >= 0.6 is 0 Å². The summed E-state index contributed by atoms with van der Waals surface area (Å²) in [7, 11) is 0. The second kappa shape index (κ2) is 10.2. The minimum Gasteiger partial charge on any atom is -0.457 e. The van der Waals surface area contributed by atoms with Crippen LogP contribution < -0.4 is 11.2 Å². The number of carbonyl (C=O) groups excluding carboxylic acids is 1. The van der Waals surface area contributed by atoms with Crippen LogP contribution in [0.25, 0.3) is 10.9 Å². The van der Waals surface area contributed by atoms with Crippen LogP contribution in [-0.2, 0) is 24.4 Å². The Morgan fingerprint density at radius 2 is 1.33 bits per heavy atom. The van der Waals surface area contributed by atoms with Crippen LogP contribution in [0.1, 0.15) is 27.0 Å². The van der Waals surface area contributed by atoms with E-state index < -0.39 is 17.2 Å². The fourth-order valence-electron chi connectivity index (χ4n) is 4.09. The number of rotatable bonds is 7. The van der Waals surface area contributed by atoms with E-state index in [0.29, 0.717) is 5.52 Å². The van der Waals surface area contributed by atoms with Crippen molar-refractivity contribution in [3.8, 4) is 0 Å². The normalized spacial score (nSPS) is 10.9. The Labute approximate surface area is 206 Å². The number of aromatic nitrogens is 3. The largest absolute Gasteiger partial charge is 0.457 e. The SMILES string of the molecule is O=C(OCc1ccccc1)c1ccc2c(c1)c(=O)n(Cc1ccncc1)c(=O)n2Cc1ccccc1. The Bertz CT molecular complexity index is 1630. The third-order valence-corrected chi connectivity index (χ3v) is 5.95. The van der Waals surface area contributed by atoms with Gasteiger partial charge in [0, 0.05) is 12.4 Å². The molecule has 0 unspecified atom stereocenters. The topological polar surface area (TPSA) is 83.2 Å². The first-order valence-corrected chi connectivity index (χ1v) is 11.5. The molecule has 0 aliphatic carbocycles. The number of ether oxygens (including phenoxy) is 1. The maximum Gasteiger partial charge on any atom is 0.338 e. The highest BCUT2D eigenvalue weighted by molar-refractivity contribution is 5.94. The van der Waals surface area contributed by atoms with E-state index in [1.54, 1.807) is 41.2 Å². The average molecular weight is 478 g/mol. The van der Waals surface area contributed by atoms with E-state index in [1.807, 2.05) is 60.7 Å². The van der Waals surface area contributed by atoms with Crippen molar-refractivity contribution in [3.63, 3.8) is 0 Å². The van der Waals surface area contributed by atoms with E-state index in [0.717, 1.165) is 16.7 Å². The lowest BCUT2D eigenvalue weighted by Gasteiger charge is -2.15. The van der Waals surface area contributed by atoms with E-state index in [4.69, 9.17) is 4.74 Å². The number of hydrogen-bond acceptors (Lipinski definition) is 5. The van der Waals surface area contributed by atoms with Crippen LogP contribution in [0.2, 0.25) is 0 Å². The molecule has 7 heteroatoms. The molecule has 178 valence electrons. The fourth-order valence-corrected chi connectivity index (χ4v) is 4.09. The summed E-state index contributed by atoms with van der Waals surface area (Å²) in [6.07, 6.45) is 3.23. The number of pyridine rings is 1. The highest BCUT2D eigenvalue weighted by atomic mass is 16.5. The van der Waals surface area contributed by atoms with Crippen molar-refractivity contribution in [1.29, 1.82) is 0 Å². The third kappa shape index (κ3) is 4.86. The van der Waals surface area contributed by atoms with Crippen LogP contribution in [0.4, 0.5) is 0 Å². The molecule has 0 fully saturated rings. The van der Waals surface area contributed by atoms with E-state index in [-0.39, 0.29) is 30.6 Å². The molecule has 0 aliphatic heterocycles. The fraction of sp³-hybridized carbons (Fsp3) is 0.103. The molecule has 0 saturated heterocycles. The van der Waals surface area contributed by atoms with Gasteiger partial charge in [-0.1, -0.05) is 60.7 Å². The maximum atomic E-state index is 13.5. The number of hydrogen-bond donors (Lipinski definition) is 0. The van der Waals surface area contributed by atoms with Gasteiger partial charge in [-0.3, -0.25) is 18.9 Å². The molecule has 0 amide bonds. The Balaban J connectivity index is 1.58. The molecule has 0 aliphatic rings. The number of esters is 1. The summed E-state index contributed by atoms with van der Waals surface area (Å²) in [6, 6.07) is 27.2. The van der Waals surface area contributed by atoms with Gasteiger partial charge in [0.2, 0.25) is 0 Å². The van der Waals surface area contributed by atoms with Gasteiger partial charge in [0.15, 0.2) is 0 Å². The standard InChI is InChI=1S/C29H23N3O4/c33-27-25-17-24(28(34)36-20-23-9-5-2-6-10-23)11-12-26(25)31(18-21-7-3-1-4-8-21)29(35)32(27)19-22-13-15-30-16-14-22/h1-17H,18-20H2. The number of fused-ring (bicyclic) bond motifs is 1. The highest BCUT2D eigenvalue weighted by Crippen LogP contribution is 2.15. The quantitative estimate of drug-likeness (QED) is 0.331. The first-order valence-electron chi connectivity index (χ1n) is 11.5. The Hall–Kier alpha value is -4.78. The van der Waals surface area contributed by atoms with Gasteiger partial charge in [-0.05, 0) is 47.0 Å². The maximum absolute atomic E-state index is 13.5. The molecule has 0 spiro atoms. The second-order valence-electron chi connectivity index (χ2n) is 8.39. The summed E-state index contributed by atoms with van der Waals surface area (Å²) in [6.45, 7) is 0.496. The van der Waals surface area contributed by atoms with Crippen molar-refractivity contribution < 1.29 is 9.53 Å². The molecule has 5 rings (SSSR count). The first kappa shape index (κ1) is 23.0. The molecule has 7 nitrogen and oxygen atoms in total. The lowest BCUT2D eigenvalue weighted by molar-refractivity contribution is 0.0473. The van der Waals surface area contributed by atoms with Crippen LogP contribution in [0, 0.1) is 0 Å². The van der Waals surface area contributed by atoms with Gasteiger partial charge in [0.1, 0.15) is 6.61 Å². The first-order chi connectivity index (χ1) is 17.6. The van der Waals surface area contributed by atoms with Crippen molar-refractivity contribution in [1.82, 2.24) is 14.1 Å². The number of carbonyl (C=O) groups is 1. The molecular formula is C29H23N3O4. The van der Waals surface area contributed by atoms with Crippen molar-refractivity contribution in [2.75, 3.05) is 0 Å². The molecule has 0 N–H and O–H groups in total. The van der Waals surface area contributed by atoms with E-state index in [9.17, 15) is 14.4 Å². The minimum absolute atomic E-state index is 0.0909. The predicted molar refractivity (Wildman–Crippen MR) is 137 cm³/mol. The van der Waals surface area contributed by atoms with Crippen molar-refractivity contribution in [2.45, 2.75) is 19.7 Å². The van der Waals surface area contributed by atoms with E-state index in [2.05, 4.69) is 4.98 Å². The number of benzene rings is 3. The van der Waals surface area contributed by atoms with Crippen LogP contribution in [0.3, 0.4) is 0 Å². The zero-order chi connectivity index (χ0) is 24.9. The van der Waals surface area contributed by atoms with Crippen molar-refractivity contribution >= 4 is 16.9 Å². The Morgan fingerprint density at radius 3 is 2.03 bits per heavy atom. The smallest absolute Gasteiger partial charge is 0.338 e. The molecule has 0 radical (unpaired) electrons. The molecule has 0 bridgehead atoms.